The van der Waals surface area contributed by atoms with Gasteiger partial charge in [0.15, 0.2) is 5.82 Å². The molecule has 0 spiro atoms. The first-order valence-corrected chi connectivity index (χ1v) is 6.88. The molecule has 0 aliphatic carbocycles. The molecular formula is C14H17F2N5O. The highest BCUT2D eigenvalue weighted by Gasteiger charge is 2.17. The lowest BCUT2D eigenvalue weighted by Gasteiger charge is -2.20. The number of amides is 1. The number of H-pyrrole nitrogens is 1. The maximum atomic E-state index is 13.5. The van der Waals surface area contributed by atoms with Crippen LogP contribution in [0.4, 0.5) is 8.78 Å². The second-order valence-corrected chi connectivity index (χ2v) is 5.18. The van der Waals surface area contributed by atoms with Gasteiger partial charge in [0, 0.05) is 32.0 Å². The topological polar surface area (TPSA) is 74.8 Å². The van der Waals surface area contributed by atoms with Gasteiger partial charge in [-0.15, -0.1) is 10.2 Å². The largest absolute Gasteiger partial charge is 0.345 e. The van der Waals surface area contributed by atoms with Gasteiger partial charge in [0.05, 0.1) is 0 Å². The average Bonchev–Trinajstić information content (AvgIpc) is 3.00. The van der Waals surface area contributed by atoms with Crippen molar-refractivity contribution in [2.45, 2.75) is 25.7 Å². The number of hydrogen-bond donors (Lipinski definition) is 1. The van der Waals surface area contributed by atoms with E-state index in [-0.39, 0.29) is 24.7 Å². The van der Waals surface area contributed by atoms with Crippen LogP contribution in [0.15, 0.2) is 18.2 Å². The van der Waals surface area contributed by atoms with Crippen LogP contribution in [0, 0.1) is 11.6 Å². The molecule has 1 N–H and O–H groups in total. The second kappa shape index (κ2) is 7.06. The highest BCUT2D eigenvalue weighted by Crippen LogP contribution is 2.14. The number of benzene rings is 1. The number of rotatable bonds is 6. The zero-order valence-electron chi connectivity index (χ0n) is 12.4. The number of nitrogens with one attached hydrogen (secondary N) is 1. The van der Waals surface area contributed by atoms with Crippen molar-refractivity contribution >= 4 is 5.91 Å². The summed E-state index contributed by atoms with van der Waals surface area (Å²) in [5.74, 6) is -0.909. The third-order valence-corrected chi connectivity index (χ3v) is 3.40. The predicted molar refractivity (Wildman–Crippen MR) is 74.9 cm³/mol. The van der Waals surface area contributed by atoms with Gasteiger partial charge in [-0.05, 0) is 18.1 Å². The van der Waals surface area contributed by atoms with Gasteiger partial charge in [0.1, 0.15) is 11.6 Å². The lowest BCUT2D eigenvalue weighted by molar-refractivity contribution is -0.130. The SMILES string of the molecule is C[C@@H](CN(C)C(=O)CCc1ccc(F)cc1F)c1nn[nH]n1. The van der Waals surface area contributed by atoms with Crippen molar-refractivity contribution in [2.24, 2.45) is 0 Å². The van der Waals surface area contributed by atoms with Crippen LogP contribution in [0.2, 0.25) is 0 Å². The molecule has 1 atom stereocenters. The summed E-state index contributed by atoms with van der Waals surface area (Å²) in [6.07, 6.45) is 0.379. The van der Waals surface area contributed by atoms with E-state index in [0.717, 1.165) is 6.07 Å². The Morgan fingerprint density at radius 1 is 1.41 bits per heavy atom. The monoisotopic (exact) mass is 309 g/mol. The van der Waals surface area contributed by atoms with E-state index in [4.69, 9.17) is 0 Å². The van der Waals surface area contributed by atoms with Gasteiger partial charge >= 0.3 is 0 Å². The summed E-state index contributed by atoms with van der Waals surface area (Å²) in [4.78, 5) is 13.6. The fraction of sp³-hybridized carbons (Fsp3) is 0.429. The Labute approximate surface area is 126 Å². The summed E-state index contributed by atoms with van der Waals surface area (Å²) in [5.41, 5.74) is 0.328. The lowest BCUT2D eigenvalue weighted by atomic mass is 10.1. The minimum atomic E-state index is -0.629. The molecule has 6 nitrogen and oxygen atoms in total. The summed E-state index contributed by atoms with van der Waals surface area (Å²) < 4.78 is 26.3. The molecule has 0 aliphatic heterocycles. The van der Waals surface area contributed by atoms with Crippen molar-refractivity contribution in [1.82, 2.24) is 25.5 Å². The van der Waals surface area contributed by atoms with Crippen LogP contribution in [0.3, 0.4) is 0 Å². The maximum Gasteiger partial charge on any atom is 0.222 e. The molecule has 2 aromatic rings. The minimum Gasteiger partial charge on any atom is -0.345 e. The molecule has 0 saturated carbocycles. The van der Waals surface area contributed by atoms with Crippen LogP contribution >= 0.6 is 0 Å². The van der Waals surface area contributed by atoms with Crippen molar-refractivity contribution in [3.63, 3.8) is 0 Å². The van der Waals surface area contributed by atoms with Crippen LogP contribution in [0.1, 0.15) is 30.7 Å². The average molecular weight is 309 g/mol. The normalized spacial score (nSPS) is 12.2. The molecule has 22 heavy (non-hydrogen) atoms. The first kappa shape index (κ1) is 16.0. The predicted octanol–water partition coefficient (Wildman–Crippen LogP) is 1.67. The van der Waals surface area contributed by atoms with E-state index in [1.54, 1.807) is 11.9 Å². The molecule has 0 saturated heterocycles. The Balaban J connectivity index is 1.86. The molecule has 0 aliphatic rings. The maximum absolute atomic E-state index is 13.5. The summed E-state index contributed by atoms with van der Waals surface area (Å²) in [5, 5.41) is 13.6. The zero-order chi connectivity index (χ0) is 16.1. The van der Waals surface area contributed by atoms with Gasteiger partial charge in [-0.2, -0.15) is 5.21 Å². The molecule has 0 fully saturated rings. The third-order valence-electron chi connectivity index (χ3n) is 3.40. The van der Waals surface area contributed by atoms with Gasteiger partial charge in [0.25, 0.3) is 0 Å². The third kappa shape index (κ3) is 4.06. The molecule has 1 aromatic heterocycles. The quantitative estimate of drug-likeness (QED) is 0.881. The Morgan fingerprint density at radius 2 is 2.18 bits per heavy atom. The van der Waals surface area contributed by atoms with E-state index < -0.39 is 11.6 Å². The number of tetrazole rings is 1. The summed E-state index contributed by atoms with van der Waals surface area (Å²) in [6, 6.07) is 3.37. The Hall–Kier alpha value is -2.38. The van der Waals surface area contributed by atoms with E-state index >= 15 is 0 Å². The van der Waals surface area contributed by atoms with Gasteiger partial charge in [-0.25, -0.2) is 8.78 Å². The van der Waals surface area contributed by atoms with Gasteiger partial charge in [-0.3, -0.25) is 4.79 Å². The first-order chi connectivity index (χ1) is 10.5. The summed E-state index contributed by atoms with van der Waals surface area (Å²) in [7, 11) is 1.67. The molecular weight excluding hydrogens is 292 g/mol. The minimum absolute atomic E-state index is 0.0599. The molecule has 0 radical (unpaired) electrons. The molecule has 1 aromatic carbocycles. The number of carbonyl (C=O) groups is 1. The second-order valence-electron chi connectivity index (χ2n) is 5.18. The van der Waals surface area contributed by atoms with Crippen molar-refractivity contribution in [3.05, 3.63) is 41.2 Å². The number of aryl methyl sites for hydroxylation is 1. The Morgan fingerprint density at radius 3 is 2.82 bits per heavy atom. The number of likely N-dealkylation sites (N-methyl/N-ethyl adjacent to an activating group) is 1. The Kier molecular flexibility index (Phi) is 5.13. The van der Waals surface area contributed by atoms with Crippen molar-refractivity contribution in [1.29, 1.82) is 0 Å². The van der Waals surface area contributed by atoms with Gasteiger partial charge < -0.3 is 4.90 Å². The molecule has 8 heteroatoms. The fourth-order valence-electron chi connectivity index (χ4n) is 2.13. The lowest BCUT2D eigenvalue weighted by Crippen LogP contribution is -2.30. The van der Waals surface area contributed by atoms with Crippen molar-refractivity contribution in [2.75, 3.05) is 13.6 Å². The van der Waals surface area contributed by atoms with E-state index in [1.165, 1.54) is 12.1 Å². The number of halogens is 2. The van der Waals surface area contributed by atoms with Gasteiger partial charge in [-0.1, -0.05) is 18.2 Å². The molecule has 0 bridgehead atoms. The van der Waals surface area contributed by atoms with Crippen LogP contribution < -0.4 is 0 Å². The summed E-state index contributed by atoms with van der Waals surface area (Å²) >= 11 is 0. The fourth-order valence-corrected chi connectivity index (χ4v) is 2.13. The Bertz CT molecular complexity index is 632. The number of nitrogens with zero attached hydrogens (tertiary/aromatic N) is 4. The van der Waals surface area contributed by atoms with Crippen LogP contribution in [0.25, 0.3) is 0 Å². The zero-order valence-corrected chi connectivity index (χ0v) is 12.4. The highest BCUT2D eigenvalue weighted by molar-refractivity contribution is 5.76. The highest BCUT2D eigenvalue weighted by atomic mass is 19.1. The molecule has 0 unspecified atom stereocenters. The number of aromatic nitrogens is 4. The summed E-state index contributed by atoms with van der Waals surface area (Å²) in [6.45, 7) is 2.32. The number of aromatic amines is 1. The van der Waals surface area contributed by atoms with E-state index in [1.807, 2.05) is 6.92 Å². The van der Waals surface area contributed by atoms with Crippen molar-refractivity contribution < 1.29 is 13.6 Å². The van der Waals surface area contributed by atoms with Crippen LogP contribution in [-0.4, -0.2) is 45.0 Å². The smallest absolute Gasteiger partial charge is 0.222 e. The van der Waals surface area contributed by atoms with Gasteiger partial charge in [0.2, 0.25) is 5.91 Å². The standard InChI is InChI=1S/C14H17F2N5O/c1-9(14-17-19-20-18-14)8-21(2)13(22)6-4-10-3-5-11(15)7-12(10)16/h3,5,7,9H,4,6,8H2,1-2H3,(H,17,18,19,20)/t9-/m0/s1. The molecule has 118 valence electrons. The molecule has 1 amide bonds. The molecule has 2 rings (SSSR count). The van der Waals surface area contributed by atoms with Crippen LogP contribution in [-0.2, 0) is 11.2 Å². The number of hydrogen-bond acceptors (Lipinski definition) is 4. The van der Waals surface area contributed by atoms with E-state index in [2.05, 4.69) is 20.6 Å². The van der Waals surface area contributed by atoms with E-state index in [9.17, 15) is 13.6 Å². The van der Waals surface area contributed by atoms with Crippen molar-refractivity contribution in [3.8, 4) is 0 Å². The molecule has 1 heterocycles. The number of carbonyl (C=O) groups excluding carboxylic acids is 1. The first-order valence-electron chi connectivity index (χ1n) is 6.88. The van der Waals surface area contributed by atoms with Crippen LogP contribution in [0.5, 0.6) is 0 Å². The van der Waals surface area contributed by atoms with E-state index in [0.29, 0.717) is 17.9 Å².